The molecule has 0 amide bonds. The summed E-state index contributed by atoms with van der Waals surface area (Å²) in [6.07, 6.45) is 1.54. The van der Waals surface area contributed by atoms with Crippen molar-refractivity contribution in [1.29, 1.82) is 0 Å². The van der Waals surface area contributed by atoms with Crippen molar-refractivity contribution in [2.45, 2.75) is 25.0 Å². The van der Waals surface area contributed by atoms with Crippen LogP contribution in [-0.4, -0.2) is 23.4 Å². The number of methoxy groups -OCH3 is 1. The molecule has 1 aliphatic rings. The van der Waals surface area contributed by atoms with Crippen LogP contribution in [0.5, 0.6) is 11.5 Å². The summed E-state index contributed by atoms with van der Waals surface area (Å²) in [5.74, 6) is 0.967. The van der Waals surface area contributed by atoms with Gasteiger partial charge in [-0.05, 0) is 30.9 Å². The zero-order valence-electron chi connectivity index (χ0n) is 9.26. The van der Waals surface area contributed by atoms with Gasteiger partial charge in [0, 0.05) is 11.6 Å². The molecule has 0 radical (unpaired) electrons. The monoisotopic (exact) mass is 223 g/mol. The lowest BCUT2D eigenvalue weighted by atomic mass is 9.98. The van der Waals surface area contributed by atoms with Crippen LogP contribution in [0.2, 0.25) is 0 Å². The average Bonchev–Trinajstić information content (AvgIpc) is 3.10. The maximum absolute atomic E-state index is 9.96. The van der Waals surface area contributed by atoms with Crippen molar-refractivity contribution in [1.82, 2.24) is 0 Å². The molecule has 2 atom stereocenters. The Morgan fingerprint density at radius 1 is 1.44 bits per heavy atom. The molecular formula is C12H17NO3. The van der Waals surface area contributed by atoms with Gasteiger partial charge >= 0.3 is 0 Å². The standard InChI is InChI=1S/C12H17NO3/c1-16-10-6-8(14)4-5-9(10)11(13)12(15)7-2-3-7/h4-7,11-12,14-15H,2-3,13H2,1H3/t11-,12+/m0/s1. The highest BCUT2D eigenvalue weighted by molar-refractivity contribution is 5.42. The number of phenolic OH excluding ortho intramolecular Hbond substituents is 1. The number of ether oxygens (including phenoxy) is 1. The van der Waals surface area contributed by atoms with Crippen LogP contribution < -0.4 is 10.5 Å². The maximum atomic E-state index is 9.96. The van der Waals surface area contributed by atoms with Crippen molar-refractivity contribution in [3.63, 3.8) is 0 Å². The van der Waals surface area contributed by atoms with Crippen LogP contribution in [0, 0.1) is 5.92 Å². The van der Waals surface area contributed by atoms with E-state index in [1.54, 1.807) is 12.1 Å². The molecule has 2 rings (SSSR count). The van der Waals surface area contributed by atoms with Gasteiger partial charge in [-0.25, -0.2) is 0 Å². The third kappa shape index (κ3) is 2.13. The van der Waals surface area contributed by atoms with Gasteiger partial charge in [0.15, 0.2) is 0 Å². The molecule has 1 aromatic rings. The minimum absolute atomic E-state index is 0.133. The highest BCUT2D eigenvalue weighted by Gasteiger charge is 2.35. The molecule has 0 spiro atoms. The van der Waals surface area contributed by atoms with Gasteiger partial charge in [-0.15, -0.1) is 0 Å². The summed E-state index contributed by atoms with van der Waals surface area (Å²) in [6.45, 7) is 0. The van der Waals surface area contributed by atoms with Crippen LogP contribution in [0.25, 0.3) is 0 Å². The van der Waals surface area contributed by atoms with Crippen molar-refractivity contribution < 1.29 is 14.9 Å². The Bertz CT molecular complexity index is 377. The normalized spacial score (nSPS) is 19.2. The van der Waals surface area contributed by atoms with Crippen LogP contribution >= 0.6 is 0 Å². The van der Waals surface area contributed by atoms with Gasteiger partial charge in [0.1, 0.15) is 11.5 Å². The average molecular weight is 223 g/mol. The summed E-state index contributed by atoms with van der Waals surface area (Å²) in [7, 11) is 1.52. The van der Waals surface area contributed by atoms with E-state index in [2.05, 4.69) is 0 Å². The number of aliphatic hydroxyl groups excluding tert-OH is 1. The molecule has 0 unspecified atom stereocenters. The van der Waals surface area contributed by atoms with Crippen LogP contribution in [-0.2, 0) is 0 Å². The number of aliphatic hydroxyl groups is 1. The topological polar surface area (TPSA) is 75.7 Å². The van der Waals surface area contributed by atoms with E-state index in [1.165, 1.54) is 13.2 Å². The lowest BCUT2D eigenvalue weighted by molar-refractivity contribution is 0.121. The second kappa shape index (κ2) is 4.31. The van der Waals surface area contributed by atoms with Gasteiger partial charge in [0.2, 0.25) is 0 Å². The van der Waals surface area contributed by atoms with Gasteiger partial charge in [0.25, 0.3) is 0 Å². The molecule has 4 N–H and O–H groups in total. The number of aromatic hydroxyl groups is 1. The summed E-state index contributed by atoms with van der Waals surface area (Å²) in [4.78, 5) is 0. The molecule has 16 heavy (non-hydrogen) atoms. The number of hydrogen-bond acceptors (Lipinski definition) is 4. The Morgan fingerprint density at radius 3 is 2.69 bits per heavy atom. The largest absolute Gasteiger partial charge is 0.508 e. The highest BCUT2D eigenvalue weighted by atomic mass is 16.5. The molecule has 4 heteroatoms. The third-order valence-electron chi connectivity index (χ3n) is 3.05. The van der Waals surface area contributed by atoms with Gasteiger partial charge in [-0.2, -0.15) is 0 Å². The molecule has 1 fully saturated rings. The second-order valence-corrected chi connectivity index (χ2v) is 4.28. The quantitative estimate of drug-likeness (QED) is 0.716. The Labute approximate surface area is 94.7 Å². The van der Waals surface area contributed by atoms with E-state index in [9.17, 15) is 10.2 Å². The van der Waals surface area contributed by atoms with Crippen molar-refractivity contribution >= 4 is 0 Å². The minimum Gasteiger partial charge on any atom is -0.508 e. The first-order valence-corrected chi connectivity index (χ1v) is 5.44. The lowest BCUT2D eigenvalue weighted by Crippen LogP contribution is -2.28. The zero-order chi connectivity index (χ0) is 11.7. The molecule has 0 bridgehead atoms. The molecule has 0 heterocycles. The summed E-state index contributed by atoms with van der Waals surface area (Å²) in [6, 6.07) is 4.30. The SMILES string of the molecule is COc1cc(O)ccc1[C@H](N)[C@H](O)C1CC1. The van der Waals surface area contributed by atoms with Crippen molar-refractivity contribution in [3.8, 4) is 11.5 Å². The zero-order valence-corrected chi connectivity index (χ0v) is 9.26. The Morgan fingerprint density at radius 2 is 2.12 bits per heavy atom. The first-order chi connectivity index (χ1) is 7.63. The van der Waals surface area contributed by atoms with Crippen molar-refractivity contribution in [2.75, 3.05) is 7.11 Å². The summed E-state index contributed by atoms with van der Waals surface area (Å²) in [5.41, 5.74) is 6.73. The number of hydrogen-bond donors (Lipinski definition) is 3. The fraction of sp³-hybridized carbons (Fsp3) is 0.500. The number of phenols is 1. The Balaban J connectivity index is 2.23. The first-order valence-electron chi connectivity index (χ1n) is 5.44. The van der Waals surface area contributed by atoms with E-state index in [0.717, 1.165) is 18.4 Å². The molecule has 0 saturated heterocycles. The molecule has 1 aromatic carbocycles. The number of nitrogens with two attached hydrogens (primary N) is 1. The fourth-order valence-corrected chi connectivity index (χ4v) is 1.89. The van der Waals surface area contributed by atoms with E-state index in [-0.39, 0.29) is 5.75 Å². The Hall–Kier alpha value is -1.26. The predicted molar refractivity (Wildman–Crippen MR) is 60.3 cm³/mol. The molecular weight excluding hydrogens is 206 g/mol. The van der Waals surface area contributed by atoms with E-state index in [1.807, 2.05) is 0 Å². The maximum Gasteiger partial charge on any atom is 0.127 e. The van der Waals surface area contributed by atoms with Gasteiger partial charge in [0.05, 0.1) is 19.3 Å². The van der Waals surface area contributed by atoms with Crippen molar-refractivity contribution in [3.05, 3.63) is 23.8 Å². The second-order valence-electron chi connectivity index (χ2n) is 4.28. The molecule has 0 aromatic heterocycles. The molecule has 88 valence electrons. The predicted octanol–water partition coefficient (Wildman–Crippen LogP) is 1.17. The van der Waals surface area contributed by atoms with Gasteiger partial charge < -0.3 is 20.7 Å². The Kier molecular flexibility index (Phi) is 3.03. The van der Waals surface area contributed by atoms with Crippen LogP contribution in [0.1, 0.15) is 24.4 Å². The number of rotatable bonds is 4. The molecule has 1 aliphatic carbocycles. The number of benzene rings is 1. The molecule has 1 saturated carbocycles. The summed E-state index contributed by atoms with van der Waals surface area (Å²) >= 11 is 0. The van der Waals surface area contributed by atoms with Gasteiger partial charge in [-0.1, -0.05) is 0 Å². The smallest absolute Gasteiger partial charge is 0.127 e. The van der Waals surface area contributed by atoms with E-state index in [4.69, 9.17) is 10.5 Å². The molecule has 4 nitrogen and oxygen atoms in total. The lowest BCUT2D eigenvalue weighted by Gasteiger charge is -2.21. The third-order valence-corrected chi connectivity index (χ3v) is 3.05. The first kappa shape index (κ1) is 11.2. The highest BCUT2D eigenvalue weighted by Crippen LogP contribution is 2.39. The minimum atomic E-state index is -0.529. The van der Waals surface area contributed by atoms with Crippen LogP contribution in [0.15, 0.2) is 18.2 Å². The molecule has 0 aliphatic heterocycles. The van der Waals surface area contributed by atoms with E-state index >= 15 is 0 Å². The van der Waals surface area contributed by atoms with E-state index < -0.39 is 12.1 Å². The summed E-state index contributed by atoms with van der Waals surface area (Å²) in [5, 5.41) is 19.3. The van der Waals surface area contributed by atoms with E-state index in [0.29, 0.717) is 11.7 Å². The van der Waals surface area contributed by atoms with Gasteiger partial charge in [-0.3, -0.25) is 0 Å². The van der Waals surface area contributed by atoms with Crippen molar-refractivity contribution in [2.24, 2.45) is 11.7 Å². The fourth-order valence-electron chi connectivity index (χ4n) is 1.89. The van der Waals surface area contributed by atoms with Crippen LogP contribution in [0.3, 0.4) is 0 Å². The summed E-state index contributed by atoms with van der Waals surface area (Å²) < 4.78 is 5.15. The van der Waals surface area contributed by atoms with Crippen LogP contribution in [0.4, 0.5) is 0 Å².